The molecule has 0 radical (unpaired) electrons. The molecular weight excluding hydrogens is 310 g/mol. The molecule has 0 spiro atoms. The Kier molecular flexibility index (Phi) is 5.27. The fourth-order valence-electron chi connectivity index (χ4n) is 2.33. The summed E-state index contributed by atoms with van der Waals surface area (Å²) in [7, 11) is 0. The first-order valence-electron chi connectivity index (χ1n) is 8.05. The largest absolute Gasteiger partial charge is 0.489 e. The molecule has 0 aliphatic heterocycles. The summed E-state index contributed by atoms with van der Waals surface area (Å²) >= 11 is 0. The van der Waals surface area contributed by atoms with Crippen molar-refractivity contribution < 1.29 is 9.53 Å². The van der Waals surface area contributed by atoms with Crippen LogP contribution in [0.15, 0.2) is 84.9 Å². The van der Waals surface area contributed by atoms with Crippen LogP contribution in [0.2, 0.25) is 0 Å². The van der Waals surface area contributed by atoms with Gasteiger partial charge in [0.1, 0.15) is 12.4 Å². The summed E-state index contributed by atoms with van der Waals surface area (Å²) in [4.78, 5) is 12.1. The van der Waals surface area contributed by atoms with Gasteiger partial charge in [0.05, 0.1) is 0 Å². The van der Waals surface area contributed by atoms with Crippen LogP contribution in [0.1, 0.15) is 21.5 Å². The lowest BCUT2D eigenvalue weighted by molar-refractivity contribution is 0.104. The second-order valence-corrected chi connectivity index (χ2v) is 5.66. The van der Waals surface area contributed by atoms with Crippen molar-refractivity contribution in [3.05, 3.63) is 102 Å². The Morgan fingerprint density at radius 1 is 0.880 bits per heavy atom. The second kappa shape index (κ2) is 7.97. The van der Waals surface area contributed by atoms with E-state index < -0.39 is 0 Å². The van der Waals surface area contributed by atoms with E-state index >= 15 is 0 Å². The molecule has 3 nitrogen and oxygen atoms in total. The zero-order valence-electron chi connectivity index (χ0n) is 13.8. The summed E-state index contributed by atoms with van der Waals surface area (Å²) in [5.74, 6) is 0.746. The standard InChI is InChI=1S/C22H19NO2/c23-20-11-9-19(10-12-20)22(24)15-8-17-6-13-21(14-7-17)25-16-18-4-2-1-3-5-18/h1-15H,16,23H2. The van der Waals surface area contributed by atoms with Crippen molar-refractivity contribution in [3.63, 3.8) is 0 Å². The molecular formula is C22H19NO2. The van der Waals surface area contributed by atoms with Gasteiger partial charge >= 0.3 is 0 Å². The zero-order valence-corrected chi connectivity index (χ0v) is 13.8. The van der Waals surface area contributed by atoms with Crippen molar-refractivity contribution in [1.82, 2.24) is 0 Å². The number of nitrogens with two attached hydrogens (primary N) is 1. The van der Waals surface area contributed by atoms with E-state index in [1.165, 1.54) is 0 Å². The van der Waals surface area contributed by atoms with Gasteiger partial charge in [0.15, 0.2) is 5.78 Å². The van der Waals surface area contributed by atoms with Crippen molar-refractivity contribution in [2.75, 3.05) is 5.73 Å². The number of rotatable bonds is 6. The highest BCUT2D eigenvalue weighted by atomic mass is 16.5. The average Bonchev–Trinajstić information content (AvgIpc) is 2.67. The van der Waals surface area contributed by atoms with Crippen LogP contribution in [0.25, 0.3) is 6.08 Å². The highest BCUT2D eigenvalue weighted by Gasteiger charge is 2.01. The lowest BCUT2D eigenvalue weighted by Crippen LogP contribution is -1.95. The fourth-order valence-corrected chi connectivity index (χ4v) is 2.33. The first-order valence-corrected chi connectivity index (χ1v) is 8.05. The maximum Gasteiger partial charge on any atom is 0.185 e. The van der Waals surface area contributed by atoms with Gasteiger partial charge in [0.25, 0.3) is 0 Å². The minimum atomic E-state index is -0.0515. The van der Waals surface area contributed by atoms with Gasteiger partial charge in [-0.15, -0.1) is 0 Å². The first kappa shape index (κ1) is 16.5. The molecule has 0 saturated carbocycles. The molecule has 0 aliphatic carbocycles. The van der Waals surface area contributed by atoms with Crippen LogP contribution in [0, 0.1) is 0 Å². The Morgan fingerprint density at radius 2 is 1.56 bits per heavy atom. The number of hydrogen-bond acceptors (Lipinski definition) is 3. The lowest BCUT2D eigenvalue weighted by Gasteiger charge is -2.06. The van der Waals surface area contributed by atoms with Crippen LogP contribution in [0.4, 0.5) is 5.69 Å². The number of benzene rings is 3. The molecule has 3 aromatic carbocycles. The molecule has 0 aliphatic rings. The number of carbonyl (C=O) groups is 1. The summed E-state index contributed by atoms with van der Waals surface area (Å²) < 4.78 is 5.75. The van der Waals surface area contributed by atoms with Gasteiger partial charge < -0.3 is 10.5 Å². The van der Waals surface area contributed by atoms with Crippen LogP contribution in [0.3, 0.4) is 0 Å². The van der Waals surface area contributed by atoms with Crippen molar-refractivity contribution in [1.29, 1.82) is 0 Å². The summed E-state index contributed by atoms with van der Waals surface area (Å²) in [6.07, 6.45) is 3.35. The van der Waals surface area contributed by atoms with E-state index in [-0.39, 0.29) is 5.78 Å². The van der Waals surface area contributed by atoms with E-state index in [2.05, 4.69) is 0 Å². The van der Waals surface area contributed by atoms with E-state index in [0.29, 0.717) is 17.9 Å². The van der Waals surface area contributed by atoms with Crippen LogP contribution in [-0.2, 0) is 6.61 Å². The third kappa shape index (κ3) is 4.82. The number of carbonyl (C=O) groups excluding carboxylic acids is 1. The molecule has 124 valence electrons. The molecule has 0 amide bonds. The smallest absolute Gasteiger partial charge is 0.185 e. The third-order valence-electron chi connectivity index (χ3n) is 3.75. The molecule has 3 heteroatoms. The minimum absolute atomic E-state index is 0.0515. The summed E-state index contributed by atoms with van der Waals surface area (Å²) in [6.45, 7) is 0.533. The Morgan fingerprint density at radius 3 is 2.24 bits per heavy atom. The zero-order chi connectivity index (χ0) is 17.5. The first-order chi connectivity index (χ1) is 12.2. The second-order valence-electron chi connectivity index (χ2n) is 5.66. The van der Waals surface area contributed by atoms with Gasteiger partial charge in [0.2, 0.25) is 0 Å². The normalized spacial score (nSPS) is 10.7. The molecule has 3 aromatic rings. The minimum Gasteiger partial charge on any atom is -0.489 e. The van der Waals surface area contributed by atoms with Gasteiger partial charge in [-0.05, 0) is 53.6 Å². The van der Waals surface area contributed by atoms with E-state index in [0.717, 1.165) is 16.9 Å². The third-order valence-corrected chi connectivity index (χ3v) is 3.75. The molecule has 3 rings (SSSR count). The number of allylic oxidation sites excluding steroid dienone is 1. The Balaban J connectivity index is 1.58. The maximum absolute atomic E-state index is 12.1. The van der Waals surface area contributed by atoms with Gasteiger partial charge in [-0.25, -0.2) is 0 Å². The van der Waals surface area contributed by atoms with Crippen LogP contribution in [0.5, 0.6) is 5.75 Å². The van der Waals surface area contributed by atoms with Crippen LogP contribution in [-0.4, -0.2) is 5.78 Å². The SMILES string of the molecule is Nc1ccc(C(=O)C=Cc2ccc(OCc3ccccc3)cc2)cc1. The van der Waals surface area contributed by atoms with E-state index in [9.17, 15) is 4.79 Å². The maximum atomic E-state index is 12.1. The molecule has 0 heterocycles. The Bertz CT molecular complexity index is 851. The monoisotopic (exact) mass is 329 g/mol. The molecule has 0 atom stereocenters. The predicted molar refractivity (Wildman–Crippen MR) is 101 cm³/mol. The predicted octanol–water partition coefficient (Wildman–Crippen LogP) is 4.74. The average molecular weight is 329 g/mol. The van der Waals surface area contributed by atoms with Gasteiger partial charge in [-0.1, -0.05) is 48.5 Å². The topological polar surface area (TPSA) is 52.3 Å². The molecule has 25 heavy (non-hydrogen) atoms. The van der Waals surface area contributed by atoms with Crippen LogP contribution >= 0.6 is 0 Å². The van der Waals surface area contributed by atoms with Crippen molar-refractivity contribution in [2.45, 2.75) is 6.61 Å². The fraction of sp³-hybridized carbons (Fsp3) is 0.0455. The number of nitrogen functional groups attached to an aromatic ring is 1. The number of ether oxygens (including phenoxy) is 1. The number of hydrogen-bond donors (Lipinski definition) is 1. The highest BCUT2D eigenvalue weighted by Crippen LogP contribution is 2.15. The summed E-state index contributed by atoms with van der Waals surface area (Å²) in [6, 6.07) is 24.6. The van der Waals surface area contributed by atoms with Gasteiger partial charge in [-0.3, -0.25) is 4.79 Å². The summed E-state index contributed by atoms with van der Waals surface area (Å²) in [5.41, 5.74) is 8.96. The number of anilines is 1. The van der Waals surface area contributed by atoms with E-state index in [1.807, 2.05) is 54.6 Å². The molecule has 2 N–H and O–H groups in total. The van der Waals surface area contributed by atoms with Gasteiger partial charge in [-0.2, -0.15) is 0 Å². The molecule has 0 bridgehead atoms. The van der Waals surface area contributed by atoms with Crippen molar-refractivity contribution >= 4 is 17.5 Å². The Hall–Kier alpha value is -3.33. The van der Waals surface area contributed by atoms with Gasteiger partial charge in [0, 0.05) is 11.3 Å². The van der Waals surface area contributed by atoms with Crippen LogP contribution < -0.4 is 10.5 Å². The molecule has 0 unspecified atom stereocenters. The highest BCUT2D eigenvalue weighted by molar-refractivity contribution is 6.06. The van der Waals surface area contributed by atoms with E-state index in [1.54, 1.807) is 36.4 Å². The van der Waals surface area contributed by atoms with E-state index in [4.69, 9.17) is 10.5 Å². The Labute approximate surface area is 147 Å². The lowest BCUT2D eigenvalue weighted by atomic mass is 10.1. The number of ketones is 1. The molecule has 0 aromatic heterocycles. The molecule has 0 fully saturated rings. The quantitative estimate of drug-likeness (QED) is 0.403. The molecule has 0 saturated heterocycles. The van der Waals surface area contributed by atoms with Crippen molar-refractivity contribution in [2.24, 2.45) is 0 Å². The van der Waals surface area contributed by atoms with Crippen molar-refractivity contribution in [3.8, 4) is 5.75 Å². The summed E-state index contributed by atoms with van der Waals surface area (Å²) in [5, 5.41) is 0.